The topological polar surface area (TPSA) is 63.6 Å². The van der Waals surface area contributed by atoms with Crippen LogP contribution in [0.5, 0.6) is 5.75 Å². The van der Waals surface area contributed by atoms with Crippen molar-refractivity contribution in [1.29, 1.82) is 0 Å². The van der Waals surface area contributed by atoms with Crippen molar-refractivity contribution in [1.82, 2.24) is 0 Å². The number of rotatable bonds is 5. The quantitative estimate of drug-likeness (QED) is 0.612. The molecule has 0 spiro atoms. The normalized spacial score (nSPS) is 12.1. The van der Waals surface area contributed by atoms with Gasteiger partial charge >= 0.3 is 0 Å². The number of ketones is 1. The lowest BCUT2D eigenvalue weighted by Crippen LogP contribution is -2.05. The summed E-state index contributed by atoms with van der Waals surface area (Å²) in [5.41, 5.74) is 0.529. The molecule has 0 heterocycles. The zero-order chi connectivity index (χ0) is 11.3. The molecule has 1 N–H and O–H groups in total. The molecule has 1 aromatic rings. The van der Waals surface area contributed by atoms with Crippen molar-refractivity contribution in [3.63, 3.8) is 0 Å². The molecule has 1 aromatic carbocycles. The molecule has 0 aliphatic carbocycles. The first-order valence-electron chi connectivity index (χ1n) is 4.38. The van der Waals surface area contributed by atoms with Crippen LogP contribution in [0.2, 0.25) is 0 Å². The fourth-order valence-corrected chi connectivity index (χ4v) is 1.46. The molecule has 0 radical (unpaired) electrons. The summed E-state index contributed by atoms with van der Waals surface area (Å²) in [6.07, 6.45) is 0.0788. The average molecular weight is 228 g/mol. The predicted octanol–water partition coefficient (Wildman–Crippen LogP) is 1.49. The monoisotopic (exact) mass is 228 g/mol. The Morgan fingerprint density at radius 1 is 1.40 bits per heavy atom. The van der Waals surface area contributed by atoms with Gasteiger partial charge in [-0.2, -0.15) is 0 Å². The molecule has 0 amide bonds. The molecule has 4 nitrogen and oxygen atoms in total. The first kappa shape index (κ1) is 11.9. The Bertz CT molecular complexity index is 358. The van der Waals surface area contributed by atoms with E-state index in [9.17, 15) is 9.00 Å². The van der Waals surface area contributed by atoms with Crippen LogP contribution in [0, 0.1) is 0 Å². The molecule has 0 bridgehead atoms. The van der Waals surface area contributed by atoms with E-state index in [-0.39, 0.29) is 18.0 Å². The van der Waals surface area contributed by atoms with E-state index in [1.54, 1.807) is 31.4 Å². The Morgan fingerprint density at radius 2 is 2.00 bits per heavy atom. The van der Waals surface area contributed by atoms with Crippen molar-refractivity contribution in [2.75, 3.05) is 12.9 Å². The molecule has 5 heteroatoms. The molecule has 0 saturated carbocycles. The van der Waals surface area contributed by atoms with Crippen molar-refractivity contribution in [2.24, 2.45) is 0 Å². The van der Waals surface area contributed by atoms with E-state index in [0.29, 0.717) is 11.3 Å². The lowest BCUT2D eigenvalue weighted by Gasteiger charge is -2.01. The second-order valence-electron chi connectivity index (χ2n) is 2.93. The van der Waals surface area contributed by atoms with Gasteiger partial charge in [-0.1, -0.05) is 0 Å². The number of hydrogen-bond donors (Lipinski definition) is 1. The van der Waals surface area contributed by atoms with Crippen molar-refractivity contribution in [3.8, 4) is 5.75 Å². The molecular weight excluding hydrogens is 216 g/mol. The van der Waals surface area contributed by atoms with Crippen LogP contribution in [0.4, 0.5) is 0 Å². The molecule has 15 heavy (non-hydrogen) atoms. The molecule has 1 rings (SSSR count). The Morgan fingerprint density at radius 3 is 2.47 bits per heavy atom. The maximum absolute atomic E-state index is 11.5. The molecule has 0 saturated heterocycles. The van der Waals surface area contributed by atoms with Crippen LogP contribution in [0.15, 0.2) is 24.3 Å². The Kier molecular flexibility index (Phi) is 4.45. The summed E-state index contributed by atoms with van der Waals surface area (Å²) < 4.78 is 23.9. The molecular formula is C10H12O4S. The summed E-state index contributed by atoms with van der Waals surface area (Å²) in [5.74, 6) is 0.516. The van der Waals surface area contributed by atoms with E-state index in [1.807, 2.05) is 0 Å². The van der Waals surface area contributed by atoms with Crippen molar-refractivity contribution < 1.29 is 18.3 Å². The highest BCUT2D eigenvalue weighted by atomic mass is 32.2. The third kappa shape index (κ3) is 3.81. The van der Waals surface area contributed by atoms with Crippen molar-refractivity contribution in [2.45, 2.75) is 6.42 Å². The molecule has 0 fully saturated rings. The molecule has 0 aliphatic rings. The number of carbonyl (C=O) groups is 1. The van der Waals surface area contributed by atoms with Gasteiger partial charge in [0, 0.05) is 12.0 Å². The lowest BCUT2D eigenvalue weighted by molar-refractivity contribution is 0.0988. The summed E-state index contributed by atoms with van der Waals surface area (Å²) in [7, 11) is 1.55. The van der Waals surface area contributed by atoms with Crippen LogP contribution in [0.1, 0.15) is 16.8 Å². The second-order valence-corrected chi connectivity index (χ2v) is 3.98. The van der Waals surface area contributed by atoms with Crippen LogP contribution >= 0.6 is 0 Å². The largest absolute Gasteiger partial charge is 0.497 e. The lowest BCUT2D eigenvalue weighted by atomic mass is 10.1. The van der Waals surface area contributed by atoms with Crippen LogP contribution in [-0.2, 0) is 11.1 Å². The summed E-state index contributed by atoms with van der Waals surface area (Å²) in [6, 6.07) is 6.65. The maximum atomic E-state index is 11.5. The van der Waals surface area contributed by atoms with Gasteiger partial charge in [-0.25, -0.2) is 4.21 Å². The minimum atomic E-state index is -1.91. The zero-order valence-electron chi connectivity index (χ0n) is 8.30. The highest BCUT2D eigenvalue weighted by molar-refractivity contribution is 7.79. The van der Waals surface area contributed by atoms with Gasteiger partial charge in [-0.05, 0) is 24.3 Å². The van der Waals surface area contributed by atoms with Gasteiger partial charge in [0.15, 0.2) is 16.9 Å². The van der Waals surface area contributed by atoms with Gasteiger partial charge < -0.3 is 9.29 Å². The van der Waals surface area contributed by atoms with E-state index in [1.165, 1.54) is 0 Å². The van der Waals surface area contributed by atoms with Crippen molar-refractivity contribution in [3.05, 3.63) is 29.8 Å². The summed E-state index contributed by atoms with van der Waals surface area (Å²) in [5, 5.41) is 0. The van der Waals surface area contributed by atoms with E-state index in [0.717, 1.165) is 0 Å². The van der Waals surface area contributed by atoms with E-state index >= 15 is 0 Å². The van der Waals surface area contributed by atoms with Crippen LogP contribution in [0.25, 0.3) is 0 Å². The molecule has 1 unspecified atom stereocenters. The third-order valence-corrected chi connectivity index (χ3v) is 2.47. The number of carbonyl (C=O) groups excluding carboxylic acids is 1. The van der Waals surface area contributed by atoms with E-state index in [2.05, 4.69) is 0 Å². The minimum absolute atomic E-state index is 0.0230. The molecule has 0 aliphatic heterocycles. The first-order chi connectivity index (χ1) is 7.13. The number of methoxy groups -OCH3 is 1. The van der Waals surface area contributed by atoms with Gasteiger partial charge in [-0.3, -0.25) is 4.79 Å². The maximum Gasteiger partial charge on any atom is 0.163 e. The third-order valence-electron chi connectivity index (χ3n) is 1.92. The zero-order valence-corrected chi connectivity index (χ0v) is 9.12. The SMILES string of the molecule is COc1ccc(C(=O)CCS(=O)O)cc1. The van der Waals surface area contributed by atoms with Crippen LogP contribution in [0.3, 0.4) is 0 Å². The van der Waals surface area contributed by atoms with Gasteiger partial charge in [0.25, 0.3) is 0 Å². The van der Waals surface area contributed by atoms with E-state index in [4.69, 9.17) is 9.29 Å². The summed E-state index contributed by atoms with van der Waals surface area (Å²) in [4.78, 5) is 11.5. The highest BCUT2D eigenvalue weighted by Crippen LogP contribution is 2.12. The number of ether oxygens (including phenoxy) is 1. The minimum Gasteiger partial charge on any atom is -0.497 e. The van der Waals surface area contributed by atoms with Gasteiger partial charge in [0.05, 0.1) is 12.9 Å². The molecule has 0 aromatic heterocycles. The first-order valence-corrected chi connectivity index (χ1v) is 5.66. The fourth-order valence-electron chi connectivity index (χ4n) is 1.10. The number of hydrogen-bond acceptors (Lipinski definition) is 3. The van der Waals surface area contributed by atoms with Crippen molar-refractivity contribution >= 4 is 16.9 Å². The number of benzene rings is 1. The number of Topliss-reactive ketones (excluding diaryl/α,β-unsaturated/α-hetero) is 1. The smallest absolute Gasteiger partial charge is 0.163 e. The standard InChI is InChI=1S/C10H12O4S/c1-14-9-4-2-8(3-5-9)10(11)6-7-15(12)13/h2-5H,6-7H2,1H3,(H,12,13). The second kappa shape index (κ2) is 5.63. The van der Waals surface area contributed by atoms with Crippen LogP contribution in [-0.4, -0.2) is 27.4 Å². The van der Waals surface area contributed by atoms with Gasteiger partial charge in [-0.15, -0.1) is 0 Å². The van der Waals surface area contributed by atoms with Gasteiger partial charge in [0.1, 0.15) is 5.75 Å². The summed E-state index contributed by atoms with van der Waals surface area (Å²) in [6.45, 7) is 0. The predicted molar refractivity (Wildman–Crippen MR) is 57.6 cm³/mol. The summed E-state index contributed by atoms with van der Waals surface area (Å²) >= 11 is -1.91. The highest BCUT2D eigenvalue weighted by Gasteiger charge is 2.07. The van der Waals surface area contributed by atoms with E-state index < -0.39 is 11.1 Å². The van der Waals surface area contributed by atoms with Gasteiger partial charge in [0.2, 0.25) is 0 Å². The Hall–Kier alpha value is -1.20. The Labute approximate surface area is 90.5 Å². The molecule has 1 atom stereocenters. The fraction of sp³-hybridized carbons (Fsp3) is 0.300. The van der Waals surface area contributed by atoms with Crippen LogP contribution < -0.4 is 4.74 Å². The molecule has 82 valence electrons. The Balaban J connectivity index is 2.62. The average Bonchev–Trinajstić information content (AvgIpc) is 2.26.